The number of nitrogens with zero attached hydrogens (tertiary/aromatic N) is 2. The van der Waals surface area contributed by atoms with Gasteiger partial charge in [0.05, 0.1) is 16.2 Å². The second kappa shape index (κ2) is 11.2. The summed E-state index contributed by atoms with van der Waals surface area (Å²) < 4.78 is 34.0. The van der Waals surface area contributed by atoms with Crippen LogP contribution in [-0.2, 0) is 32.5 Å². The summed E-state index contributed by atoms with van der Waals surface area (Å²) in [5.41, 5.74) is 3.75. The van der Waals surface area contributed by atoms with Gasteiger partial charge in [0.25, 0.3) is 5.91 Å². The average molecular weight is 613 g/mol. The van der Waals surface area contributed by atoms with Gasteiger partial charge in [-0.1, -0.05) is 58.4 Å². The third-order valence-corrected chi connectivity index (χ3v) is 9.10. The summed E-state index contributed by atoms with van der Waals surface area (Å²) >= 11 is 4.68. The molecule has 1 aliphatic heterocycles. The first kappa shape index (κ1) is 26.2. The van der Waals surface area contributed by atoms with Gasteiger partial charge in [-0.2, -0.15) is 4.31 Å². The highest BCUT2D eigenvalue weighted by molar-refractivity contribution is 9.10. The number of hydrogen-bond acceptors (Lipinski definition) is 7. The molecule has 2 heterocycles. The van der Waals surface area contributed by atoms with Crippen LogP contribution in [0.15, 0.2) is 87.5 Å². The van der Waals surface area contributed by atoms with E-state index in [1.807, 2.05) is 53.9 Å². The van der Waals surface area contributed by atoms with E-state index in [0.29, 0.717) is 23.8 Å². The fraction of sp³-hybridized carbons (Fsp3) is 0.148. The van der Waals surface area contributed by atoms with Gasteiger partial charge in [0.2, 0.25) is 10.0 Å². The zero-order valence-electron chi connectivity index (χ0n) is 20.0. The smallest absolute Gasteiger partial charge is 0.338 e. The van der Waals surface area contributed by atoms with E-state index in [9.17, 15) is 18.0 Å². The van der Waals surface area contributed by atoms with Crippen molar-refractivity contribution in [3.8, 4) is 11.3 Å². The molecule has 5 rings (SSSR count). The second-order valence-electron chi connectivity index (χ2n) is 8.56. The van der Waals surface area contributed by atoms with Gasteiger partial charge in [-0.3, -0.25) is 10.1 Å². The molecular formula is C27H22BrN3O5S2. The van der Waals surface area contributed by atoms with Crippen LogP contribution in [-0.4, -0.2) is 42.7 Å². The lowest BCUT2D eigenvalue weighted by atomic mass is 10.0. The Balaban J connectivity index is 1.20. The number of hydrogen-bond donors (Lipinski definition) is 1. The number of aromatic nitrogens is 1. The van der Waals surface area contributed by atoms with Crippen molar-refractivity contribution in [2.75, 3.05) is 18.5 Å². The summed E-state index contributed by atoms with van der Waals surface area (Å²) in [6.45, 7) is 0.0894. The highest BCUT2D eigenvalue weighted by Gasteiger charge is 2.29. The fourth-order valence-electron chi connectivity index (χ4n) is 4.09. The van der Waals surface area contributed by atoms with Crippen molar-refractivity contribution in [1.82, 2.24) is 9.29 Å². The number of nitrogens with one attached hydrogen (secondary N) is 1. The number of sulfonamides is 1. The standard InChI is InChI=1S/C27H22BrN3O5S2/c28-22-9-3-7-19(13-22)24-17-37-27(29-24)30-25(32)16-36-26(33)20-8-4-10-23(14-20)38(34,35)31-12-11-18-5-1-2-6-21(18)15-31/h1-10,13-14,17H,11-12,15-16H2,(H,29,30,32). The lowest BCUT2D eigenvalue weighted by molar-refractivity contribution is -0.119. The van der Waals surface area contributed by atoms with Crippen LogP contribution in [0.3, 0.4) is 0 Å². The van der Waals surface area contributed by atoms with E-state index in [0.717, 1.165) is 21.2 Å². The number of thiazole rings is 1. The van der Waals surface area contributed by atoms with Gasteiger partial charge >= 0.3 is 5.97 Å². The molecule has 0 atom stereocenters. The predicted octanol–water partition coefficient (Wildman–Crippen LogP) is 5.12. The molecule has 1 amide bonds. The number of carbonyl (C=O) groups excluding carboxylic acids is 2. The van der Waals surface area contributed by atoms with Crippen LogP contribution in [0, 0.1) is 0 Å². The van der Waals surface area contributed by atoms with E-state index in [2.05, 4.69) is 26.2 Å². The number of fused-ring (bicyclic) bond motifs is 1. The molecule has 0 saturated heterocycles. The second-order valence-corrected chi connectivity index (χ2v) is 12.3. The van der Waals surface area contributed by atoms with Crippen LogP contribution in [0.25, 0.3) is 11.3 Å². The highest BCUT2D eigenvalue weighted by Crippen LogP contribution is 2.27. The molecule has 0 aliphatic carbocycles. The zero-order valence-corrected chi connectivity index (χ0v) is 23.2. The summed E-state index contributed by atoms with van der Waals surface area (Å²) in [5.74, 6) is -1.35. The molecule has 194 valence electrons. The van der Waals surface area contributed by atoms with Crippen molar-refractivity contribution in [3.63, 3.8) is 0 Å². The van der Waals surface area contributed by atoms with Crippen molar-refractivity contribution >= 4 is 54.3 Å². The Bertz CT molecular complexity index is 1620. The summed E-state index contributed by atoms with van der Waals surface area (Å²) in [5, 5.41) is 4.81. The molecule has 0 spiro atoms. The quantitative estimate of drug-likeness (QED) is 0.291. The topological polar surface area (TPSA) is 106 Å². The van der Waals surface area contributed by atoms with Crippen molar-refractivity contribution in [1.29, 1.82) is 0 Å². The van der Waals surface area contributed by atoms with Crippen LogP contribution in [0.2, 0.25) is 0 Å². The monoisotopic (exact) mass is 611 g/mol. The minimum Gasteiger partial charge on any atom is -0.452 e. The molecule has 1 aliphatic rings. The third kappa shape index (κ3) is 5.86. The molecule has 8 nitrogen and oxygen atoms in total. The molecule has 0 unspecified atom stereocenters. The van der Waals surface area contributed by atoms with Crippen LogP contribution in [0.5, 0.6) is 0 Å². The lowest BCUT2D eigenvalue weighted by Gasteiger charge is -2.28. The number of halogens is 1. The van der Waals surface area contributed by atoms with Gasteiger partial charge in [0, 0.05) is 28.5 Å². The molecule has 0 saturated carbocycles. The van der Waals surface area contributed by atoms with E-state index in [1.165, 1.54) is 39.9 Å². The first-order valence-electron chi connectivity index (χ1n) is 11.6. The summed E-state index contributed by atoms with van der Waals surface area (Å²) in [7, 11) is -3.82. The molecule has 1 N–H and O–H groups in total. The zero-order chi connectivity index (χ0) is 26.7. The number of ether oxygens (including phenoxy) is 1. The molecule has 0 bridgehead atoms. The van der Waals surface area contributed by atoms with E-state index in [1.54, 1.807) is 0 Å². The molecular weight excluding hydrogens is 590 g/mol. The first-order chi connectivity index (χ1) is 18.3. The minimum atomic E-state index is -3.82. The van der Waals surface area contributed by atoms with Crippen LogP contribution in [0.1, 0.15) is 21.5 Å². The molecule has 0 radical (unpaired) electrons. The Morgan fingerprint density at radius 2 is 1.82 bits per heavy atom. The Labute approximate surface area is 232 Å². The van der Waals surface area contributed by atoms with E-state index < -0.39 is 28.5 Å². The predicted molar refractivity (Wildman–Crippen MR) is 148 cm³/mol. The van der Waals surface area contributed by atoms with Crippen LogP contribution >= 0.6 is 27.3 Å². The van der Waals surface area contributed by atoms with Gasteiger partial charge in [-0.05, 0) is 47.9 Å². The Morgan fingerprint density at radius 1 is 1.03 bits per heavy atom. The summed E-state index contributed by atoms with van der Waals surface area (Å²) in [4.78, 5) is 29.4. The largest absolute Gasteiger partial charge is 0.452 e. The highest BCUT2D eigenvalue weighted by atomic mass is 79.9. The number of rotatable bonds is 7. The van der Waals surface area contributed by atoms with Gasteiger partial charge in [0.1, 0.15) is 0 Å². The van der Waals surface area contributed by atoms with Crippen molar-refractivity contribution < 1.29 is 22.7 Å². The van der Waals surface area contributed by atoms with E-state index >= 15 is 0 Å². The Kier molecular flexibility index (Phi) is 7.70. The summed E-state index contributed by atoms with van der Waals surface area (Å²) in [6.07, 6.45) is 0.621. The lowest BCUT2D eigenvalue weighted by Crippen LogP contribution is -2.36. The maximum absolute atomic E-state index is 13.3. The molecule has 38 heavy (non-hydrogen) atoms. The third-order valence-electron chi connectivity index (χ3n) is 6.01. The van der Waals surface area contributed by atoms with Crippen LogP contribution < -0.4 is 5.32 Å². The van der Waals surface area contributed by atoms with Gasteiger partial charge in [0.15, 0.2) is 11.7 Å². The van der Waals surface area contributed by atoms with Gasteiger partial charge in [-0.25, -0.2) is 18.2 Å². The van der Waals surface area contributed by atoms with E-state index in [-0.39, 0.29) is 17.0 Å². The van der Waals surface area contributed by atoms with Crippen LogP contribution in [0.4, 0.5) is 5.13 Å². The fourth-order valence-corrected chi connectivity index (χ4v) is 6.69. The number of carbonyl (C=O) groups is 2. The minimum absolute atomic E-state index is 0.00125. The van der Waals surface area contributed by atoms with Crippen molar-refractivity contribution in [2.24, 2.45) is 0 Å². The number of anilines is 1. The number of amides is 1. The first-order valence-corrected chi connectivity index (χ1v) is 14.8. The molecule has 1 aromatic heterocycles. The van der Waals surface area contributed by atoms with Gasteiger partial charge in [-0.15, -0.1) is 11.3 Å². The van der Waals surface area contributed by atoms with Crippen molar-refractivity contribution in [3.05, 3.63) is 99.3 Å². The Morgan fingerprint density at radius 3 is 2.63 bits per heavy atom. The number of benzene rings is 3. The van der Waals surface area contributed by atoms with Crippen molar-refractivity contribution in [2.45, 2.75) is 17.9 Å². The molecule has 0 fully saturated rings. The maximum atomic E-state index is 13.3. The van der Waals surface area contributed by atoms with E-state index in [4.69, 9.17) is 4.74 Å². The molecule has 11 heteroatoms. The Hall–Kier alpha value is -3.38. The average Bonchev–Trinajstić information content (AvgIpc) is 3.40. The molecule has 3 aromatic carbocycles. The maximum Gasteiger partial charge on any atom is 0.338 e. The molecule has 4 aromatic rings. The SMILES string of the molecule is O=C(COC(=O)c1cccc(S(=O)(=O)N2CCc3ccccc3C2)c1)Nc1nc(-c2cccc(Br)c2)cs1. The number of esters is 1. The van der Waals surface area contributed by atoms with Gasteiger partial charge < -0.3 is 4.74 Å². The summed E-state index contributed by atoms with van der Waals surface area (Å²) in [6, 6.07) is 21.0. The normalized spacial score (nSPS) is 13.5.